The molecule has 23 heavy (non-hydrogen) atoms. The highest BCUT2D eigenvalue weighted by Crippen LogP contribution is 2.24. The second-order valence-electron chi connectivity index (χ2n) is 5.30. The van der Waals surface area contributed by atoms with Crippen LogP contribution < -0.4 is 10.1 Å². The van der Waals surface area contributed by atoms with Crippen LogP contribution in [-0.4, -0.2) is 44.2 Å². The summed E-state index contributed by atoms with van der Waals surface area (Å²) < 4.78 is 10.5. The number of carbonyl (C=O) groups is 1. The van der Waals surface area contributed by atoms with Crippen LogP contribution in [0.5, 0.6) is 5.75 Å². The number of benzene rings is 2. The molecule has 0 radical (unpaired) electrons. The summed E-state index contributed by atoms with van der Waals surface area (Å²) in [6.45, 7) is 2.46. The van der Waals surface area contributed by atoms with E-state index in [1.807, 2.05) is 53.4 Å². The Balaban J connectivity index is 1.80. The molecule has 1 aliphatic rings. The number of hydrogen-bond acceptors (Lipinski definition) is 4. The summed E-state index contributed by atoms with van der Waals surface area (Å²) in [5.41, 5.74) is 2.38. The predicted molar refractivity (Wildman–Crippen MR) is 89.4 cm³/mol. The lowest BCUT2D eigenvalue weighted by molar-refractivity contribution is 0.0303. The number of anilines is 2. The Morgan fingerprint density at radius 1 is 1.09 bits per heavy atom. The van der Waals surface area contributed by atoms with Gasteiger partial charge >= 0.3 is 0 Å². The first kappa shape index (κ1) is 15.4. The van der Waals surface area contributed by atoms with Crippen molar-refractivity contribution < 1.29 is 14.3 Å². The molecular formula is C18H20N2O3. The molecular weight excluding hydrogens is 292 g/mol. The third-order valence-electron chi connectivity index (χ3n) is 3.82. The highest BCUT2D eigenvalue weighted by molar-refractivity contribution is 6.00. The Morgan fingerprint density at radius 3 is 2.48 bits per heavy atom. The fourth-order valence-corrected chi connectivity index (χ4v) is 2.55. The summed E-state index contributed by atoms with van der Waals surface area (Å²) in [5, 5.41) is 3.31. The average Bonchev–Trinajstić information content (AvgIpc) is 2.63. The van der Waals surface area contributed by atoms with Gasteiger partial charge in [-0.1, -0.05) is 12.1 Å². The van der Waals surface area contributed by atoms with Crippen LogP contribution in [0.25, 0.3) is 0 Å². The summed E-state index contributed by atoms with van der Waals surface area (Å²) in [4.78, 5) is 14.6. The SMILES string of the molecule is COc1ccc(Nc2ccccc2C(=O)N2CCOCC2)cc1. The summed E-state index contributed by atoms with van der Waals surface area (Å²) in [5.74, 6) is 0.832. The van der Waals surface area contributed by atoms with Crippen LogP contribution in [0.2, 0.25) is 0 Å². The van der Waals surface area contributed by atoms with E-state index in [4.69, 9.17) is 9.47 Å². The minimum atomic E-state index is 0.0323. The quantitative estimate of drug-likeness (QED) is 0.943. The zero-order chi connectivity index (χ0) is 16.1. The molecule has 0 aliphatic carbocycles. The van der Waals surface area contributed by atoms with Gasteiger partial charge in [-0.05, 0) is 36.4 Å². The third-order valence-corrected chi connectivity index (χ3v) is 3.82. The fourth-order valence-electron chi connectivity index (χ4n) is 2.55. The van der Waals surface area contributed by atoms with Gasteiger partial charge in [-0.15, -0.1) is 0 Å². The van der Waals surface area contributed by atoms with Gasteiger partial charge in [0.1, 0.15) is 5.75 Å². The predicted octanol–water partition coefficient (Wildman–Crippen LogP) is 2.91. The lowest BCUT2D eigenvalue weighted by atomic mass is 10.1. The second kappa shape index (κ2) is 7.15. The van der Waals surface area contributed by atoms with Crippen LogP contribution in [0.4, 0.5) is 11.4 Å². The Labute approximate surface area is 135 Å². The monoisotopic (exact) mass is 312 g/mol. The van der Waals surface area contributed by atoms with Crippen LogP contribution >= 0.6 is 0 Å². The maximum absolute atomic E-state index is 12.7. The molecule has 5 heteroatoms. The largest absolute Gasteiger partial charge is 0.497 e. The highest BCUT2D eigenvalue weighted by Gasteiger charge is 2.20. The first-order valence-electron chi connectivity index (χ1n) is 7.65. The summed E-state index contributed by atoms with van der Waals surface area (Å²) in [6.07, 6.45) is 0. The summed E-state index contributed by atoms with van der Waals surface area (Å²) in [6, 6.07) is 15.2. The van der Waals surface area contributed by atoms with Crippen LogP contribution in [0.15, 0.2) is 48.5 Å². The number of nitrogens with zero attached hydrogens (tertiary/aromatic N) is 1. The number of ether oxygens (including phenoxy) is 2. The molecule has 2 aromatic carbocycles. The molecule has 120 valence electrons. The highest BCUT2D eigenvalue weighted by atomic mass is 16.5. The number of amides is 1. The number of carbonyl (C=O) groups excluding carboxylic acids is 1. The van der Waals surface area contributed by atoms with E-state index in [0.717, 1.165) is 17.1 Å². The fraction of sp³-hybridized carbons (Fsp3) is 0.278. The van der Waals surface area contributed by atoms with E-state index in [1.165, 1.54) is 0 Å². The van der Waals surface area contributed by atoms with Gasteiger partial charge in [0, 0.05) is 18.8 Å². The van der Waals surface area contributed by atoms with E-state index in [2.05, 4.69) is 5.32 Å². The maximum atomic E-state index is 12.7. The molecule has 2 aromatic rings. The number of hydrogen-bond donors (Lipinski definition) is 1. The van der Waals surface area contributed by atoms with Crippen LogP contribution in [0.3, 0.4) is 0 Å². The molecule has 0 bridgehead atoms. The van der Waals surface area contributed by atoms with Crippen molar-refractivity contribution in [2.24, 2.45) is 0 Å². The van der Waals surface area contributed by atoms with Crippen molar-refractivity contribution in [1.29, 1.82) is 0 Å². The molecule has 3 rings (SSSR count). The minimum Gasteiger partial charge on any atom is -0.497 e. The van der Waals surface area contributed by atoms with Crippen molar-refractivity contribution in [2.45, 2.75) is 0 Å². The van der Waals surface area contributed by atoms with Crippen molar-refractivity contribution >= 4 is 17.3 Å². The lowest BCUT2D eigenvalue weighted by Gasteiger charge is -2.27. The van der Waals surface area contributed by atoms with E-state index in [1.54, 1.807) is 7.11 Å². The van der Waals surface area contributed by atoms with Crippen LogP contribution in [0, 0.1) is 0 Å². The summed E-state index contributed by atoms with van der Waals surface area (Å²) >= 11 is 0. The van der Waals surface area contributed by atoms with Crippen molar-refractivity contribution in [1.82, 2.24) is 4.90 Å². The number of methoxy groups -OCH3 is 1. The number of rotatable bonds is 4. The Hall–Kier alpha value is -2.53. The van der Waals surface area contributed by atoms with Crippen molar-refractivity contribution in [3.63, 3.8) is 0 Å². The lowest BCUT2D eigenvalue weighted by Crippen LogP contribution is -2.40. The van der Waals surface area contributed by atoms with E-state index in [9.17, 15) is 4.79 Å². The molecule has 1 amide bonds. The van der Waals surface area contributed by atoms with E-state index in [-0.39, 0.29) is 5.91 Å². The normalized spacial score (nSPS) is 14.4. The molecule has 0 atom stereocenters. The molecule has 0 spiro atoms. The Kier molecular flexibility index (Phi) is 4.78. The second-order valence-corrected chi connectivity index (χ2v) is 5.30. The van der Waals surface area contributed by atoms with Crippen molar-refractivity contribution in [2.75, 3.05) is 38.7 Å². The topological polar surface area (TPSA) is 50.8 Å². The van der Waals surface area contributed by atoms with E-state index >= 15 is 0 Å². The number of nitrogens with one attached hydrogen (secondary N) is 1. The average molecular weight is 312 g/mol. The van der Waals surface area contributed by atoms with Gasteiger partial charge in [-0.25, -0.2) is 0 Å². The molecule has 1 heterocycles. The van der Waals surface area contributed by atoms with Gasteiger partial charge in [0.15, 0.2) is 0 Å². The van der Waals surface area contributed by atoms with Gasteiger partial charge < -0.3 is 19.7 Å². The molecule has 0 saturated carbocycles. The standard InChI is InChI=1S/C18H20N2O3/c1-22-15-8-6-14(7-9-15)19-17-5-3-2-4-16(17)18(21)20-10-12-23-13-11-20/h2-9,19H,10-13H2,1H3. The zero-order valence-electron chi connectivity index (χ0n) is 13.1. The van der Waals surface area contributed by atoms with Gasteiger partial charge in [0.05, 0.1) is 31.6 Å². The molecule has 5 nitrogen and oxygen atoms in total. The smallest absolute Gasteiger partial charge is 0.256 e. The molecule has 1 N–H and O–H groups in total. The molecule has 1 aliphatic heterocycles. The third kappa shape index (κ3) is 3.63. The van der Waals surface area contributed by atoms with Gasteiger partial charge in [0.2, 0.25) is 0 Å². The van der Waals surface area contributed by atoms with Gasteiger partial charge in [0.25, 0.3) is 5.91 Å². The van der Waals surface area contributed by atoms with Crippen LogP contribution in [0.1, 0.15) is 10.4 Å². The number of morpholine rings is 1. The zero-order valence-corrected chi connectivity index (χ0v) is 13.1. The van der Waals surface area contributed by atoms with Crippen molar-refractivity contribution in [3.05, 3.63) is 54.1 Å². The molecule has 0 unspecified atom stereocenters. The first-order valence-corrected chi connectivity index (χ1v) is 7.65. The molecule has 1 fully saturated rings. The maximum Gasteiger partial charge on any atom is 0.256 e. The van der Waals surface area contributed by atoms with Gasteiger partial charge in [-0.3, -0.25) is 4.79 Å². The van der Waals surface area contributed by atoms with E-state index in [0.29, 0.717) is 31.9 Å². The Morgan fingerprint density at radius 2 is 1.78 bits per heavy atom. The van der Waals surface area contributed by atoms with E-state index < -0.39 is 0 Å². The van der Waals surface area contributed by atoms with Crippen molar-refractivity contribution in [3.8, 4) is 5.75 Å². The minimum absolute atomic E-state index is 0.0323. The van der Waals surface area contributed by atoms with Crippen LogP contribution in [-0.2, 0) is 4.74 Å². The molecule has 0 aromatic heterocycles. The summed E-state index contributed by atoms with van der Waals surface area (Å²) in [7, 11) is 1.64. The molecule has 1 saturated heterocycles. The number of para-hydroxylation sites is 1. The van der Waals surface area contributed by atoms with Gasteiger partial charge in [-0.2, -0.15) is 0 Å². The Bertz CT molecular complexity index is 664. The first-order chi connectivity index (χ1) is 11.3.